The second-order valence-corrected chi connectivity index (χ2v) is 27.0. The second kappa shape index (κ2) is 16.2. The van der Waals surface area contributed by atoms with Crippen LogP contribution in [0.5, 0.6) is 0 Å². The van der Waals surface area contributed by atoms with E-state index in [0.717, 1.165) is 9.13 Å². The average molecular weight is 789 g/mol. The van der Waals surface area contributed by atoms with E-state index in [9.17, 15) is 30.2 Å². The smallest absolute Gasteiger partial charge is 0.333 e. The Balaban J connectivity index is 1.60. The molecule has 2 aliphatic heterocycles. The molecule has 0 aromatic carbocycles. The van der Waals surface area contributed by atoms with Crippen LogP contribution in [-0.2, 0) is 31.4 Å². The Morgan fingerprint density at radius 2 is 1.04 bits per heavy atom. The fraction of sp³-hybridized carbons (Fsp3) is 0.765. The Bertz CT molecular complexity index is 1900. The van der Waals surface area contributed by atoms with E-state index in [1.165, 1.54) is 21.5 Å². The number of hydrogen-bond donors (Lipinski definition) is 0. The topological polar surface area (TPSA) is 222 Å². The maximum absolute atomic E-state index is 13.9. The number of ether oxygens (including phenoxy) is 2. The molecule has 0 aliphatic carbocycles. The van der Waals surface area contributed by atoms with Gasteiger partial charge in [-0.3, -0.25) is 27.9 Å². The number of aryl methyl sites for hydroxylation is 2. The first-order valence-electron chi connectivity index (χ1n) is 18.3. The van der Waals surface area contributed by atoms with Gasteiger partial charge in [-0.05, 0) is 61.2 Å². The first-order valence-corrected chi connectivity index (χ1v) is 24.1. The fourth-order valence-corrected chi connectivity index (χ4v) is 8.01. The van der Waals surface area contributed by atoms with Gasteiger partial charge in [-0.1, -0.05) is 51.8 Å². The highest BCUT2D eigenvalue weighted by atomic mass is 28.4. The molecule has 0 spiro atoms. The molecule has 0 unspecified atom stereocenters. The average Bonchev–Trinajstić information content (AvgIpc) is 3.66. The molecule has 2 fully saturated rings. The van der Waals surface area contributed by atoms with E-state index in [-0.39, 0.29) is 60.3 Å². The molecular weight excluding hydrogens is 733 g/mol. The Kier molecular flexibility index (Phi) is 12.9. The molecule has 0 radical (unpaired) electrons. The molecule has 0 saturated carbocycles. The van der Waals surface area contributed by atoms with E-state index in [2.05, 4.69) is 87.8 Å². The lowest BCUT2D eigenvalue weighted by Gasteiger charge is -2.37. The molecular formula is C34H56N10O8Si2. The third-order valence-electron chi connectivity index (χ3n) is 11.5. The summed E-state index contributed by atoms with van der Waals surface area (Å²) in [5.41, 5.74) is 16.4. The van der Waals surface area contributed by atoms with Gasteiger partial charge in [0, 0.05) is 59.3 Å². The Morgan fingerprint density at radius 3 is 1.33 bits per heavy atom. The van der Waals surface area contributed by atoms with E-state index in [1.807, 2.05) is 0 Å². The summed E-state index contributed by atoms with van der Waals surface area (Å²) in [6.45, 7) is 23.9. The van der Waals surface area contributed by atoms with Crippen LogP contribution in [0.4, 0.5) is 0 Å². The van der Waals surface area contributed by atoms with Crippen LogP contribution < -0.4 is 22.5 Å². The zero-order chi connectivity index (χ0) is 40.6. The minimum absolute atomic E-state index is 0.0640. The van der Waals surface area contributed by atoms with Crippen molar-refractivity contribution in [1.82, 2.24) is 18.3 Å². The summed E-state index contributed by atoms with van der Waals surface area (Å²) < 4.78 is 29.7. The van der Waals surface area contributed by atoms with Gasteiger partial charge in [0.15, 0.2) is 16.6 Å². The molecule has 2 aromatic heterocycles. The first kappa shape index (κ1) is 43.0. The number of rotatable bonds is 13. The lowest BCUT2D eigenvalue weighted by atomic mass is 10.1. The van der Waals surface area contributed by atoms with Crippen LogP contribution in [0, 0.1) is 13.8 Å². The SMILES string of the molecule is Cc1cn([C@H]2C[C@H](N=[N+]=[N-])[C@@H](CO[Si](C)(C)C(C)(C)C)O2)c(=O)n(CCn2c(=O)c(C)cn([C@H]3C[C@H](N=[N+]=[N-])[C@@H](CO[Si](C)(C)C(C)(C)C)O3)c2=O)c1=O. The van der Waals surface area contributed by atoms with Gasteiger partial charge in [0.25, 0.3) is 11.1 Å². The molecule has 2 aromatic rings. The van der Waals surface area contributed by atoms with Crippen LogP contribution in [0.3, 0.4) is 0 Å². The third-order valence-corrected chi connectivity index (χ3v) is 20.5. The number of nitrogens with zero attached hydrogens (tertiary/aromatic N) is 10. The second-order valence-electron chi connectivity index (χ2n) is 17.3. The highest BCUT2D eigenvalue weighted by molar-refractivity contribution is 6.74. The highest BCUT2D eigenvalue weighted by Crippen LogP contribution is 2.39. The van der Waals surface area contributed by atoms with Gasteiger partial charge >= 0.3 is 11.4 Å². The first-order chi connectivity index (χ1) is 24.9. The maximum atomic E-state index is 13.9. The number of aromatic nitrogens is 4. The van der Waals surface area contributed by atoms with Crippen molar-refractivity contribution in [3.63, 3.8) is 0 Å². The minimum Gasteiger partial charge on any atom is -0.414 e. The summed E-state index contributed by atoms with van der Waals surface area (Å²) in [6, 6.07) is -1.23. The van der Waals surface area contributed by atoms with Gasteiger partial charge in [-0.15, -0.1) is 0 Å². The molecule has 2 saturated heterocycles. The van der Waals surface area contributed by atoms with E-state index in [4.69, 9.17) is 18.3 Å². The molecule has 20 heteroatoms. The normalized spacial score (nSPS) is 23.6. The van der Waals surface area contributed by atoms with Crippen molar-refractivity contribution in [2.45, 2.75) is 154 Å². The summed E-state index contributed by atoms with van der Waals surface area (Å²) in [7, 11) is -4.35. The van der Waals surface area contributed by atoms with Crippen LogP contribution in [0.25, 0.3) is 20.9 Å². The fourth-order valence-electron chi connectivity index (χ4n) is 5.98. The maximum Gasteiger partial charge on any atom is 0.333 e. The van der Waals surface area contributed by atoms with Gasteiger partial charge < -0.3 is 18.3 Å². The summed E-state index contributed by atoms with van der Waals surface area (Å²) in [5.74, 6) is 0. The van der Waals surface area contributed by atoms with Gasteiger partial charge in [-0.25, -0.2) is 9.59 Å². The van der Waals surface area contributed by atoms with Gasteiger partial charge in [0.2, 0.25) is 0 Å². The predicted molar refractivity (Wildman–Crippen MR) is 209 cm³/mol. The molecule has 18 nitrogen and oxygen atoms in total. The molecule has 2 aliphatic rings. The van der Waals surface area contributed by atoms with Crippen molar-refractivity contribution < 1.29 is 18.3 Å². The van der Waals surface area contributed by atoms with E-state index in [0.29, 0.717) is 0 Å². The Morgan fingerprint density at radius 1 is 0.704 bits per heavy atom. The summed E-state index contributed by atoms with van der Waals surface area (Å²) >= 11 is 0. The van der Waals surface area contributed by atoms with Crippen LogP contribution in [0.2, 0.25) is 36.3 Å². The number of hydrogen-bond acceptors (Lipinski definition) is 10. The molecule has 0 bridgehead atoms. The molecule has 4 heterocycles. The molecule has 0 amide bonds. The molecule has 6 atom stereocenters. The minimum atomic E-state index is -2.17. The monoisotopic (exact) mass is 788 g/mol. The molecule has 298 valence electrons. The Hall–Kier alpha value is -3.75. The van der Waals surface area contributed by atoms with Crippen LogP contribution in [0.15, 0.2) is 41.8 Å². The van der Waals surface area contributed by atoms with Crippen molar-refractivity contribution in [3.05, 3.63) is 86.1 Å². The largest absolute Gasteiger partial charge is 0.414 e. The van der Waals surface area contributed by atoms with Crippen molar-refractivity contribution in [2.75, 3.05) is 13.2 Å². The summed E-state index contributed by atoms with van der Waals surface area (Å²) in [5, 5.41) is 7.72. The molecule has 4 rings (SSSR count). The zero-order valence-corrected chi connectivity index (χ0v) is 35.6. The quantitative estimate of drug-likeness (QED) is 0.107. The standard InChI is InChI=1S/C34H56N10O8Si2/c1-21-17-43(27-15-23(37-39-35)25(51-27)19-49-53(9,10)33(3,4)5)31(47)41(29(21)45)13-14-42-30(46)22(2)18-44(32(42)48)28-16-24(38-40-36)26(52-28)20-50-54(11,12)34(6,7)8/h17-18,23-28H,13-16,19-20H2,1-12H3/t23-,24-,25+,26+,27+,28+/m0/s1. The van der Waals surface area contributed by atoms with Crippen molar-refractivity contribution in [2.24, 2.45) is 10.2 Å². The lowest BCUT2D eigenvalue weighted by Crippen LogP contribution is -2.46. The van der Waals surface area contributed by atoms with Crippen molar-refractivity contribution >= 4 is 16.6 Å². The molecule has 0 N–H and O–H groups in total. The third kappa shape index (κ3) is 9.03. The summed E-state index contributed by atoms with van der Waals surface area (Å²) in [6.07, 6.45) is 0.211. The highest BCUT2D eigenvalue weighted by Gasteiger charge is 2.43. The van der Waals surface area contributed by atoms with E-state index < -0.39 is 75.9 Å². The van der Waals surface area contributed by atoms with Crippen molar-refractivity contribution in [1.29, 1.82) is 0 Å². The van der Waals surface area contributed by atoms with Gasteiger partial charge in [0.05, 0.1) is 37.5 Å². The summed E-state index contributed by atoms with van der Waals surface area (Å²) in [4.78, 5) is 60.4. The van der Waals surface area contributed by atoms with E-state index in [1.54, 1.807) is 13.8 Å². The van der Waals surface area contributed by atoms with Gasteiger partial charge in [-0.2, -0.15) is 0 Å². The Labute approximate surface area is 316 Å². The van der Waals surface area contributed by atoms with Crippen LogP contribution in [-0.4, -0.2) is 72.4 Å². The van der Waals surface area contributed by atoms with Crippen molar-refractivity contribution in [3.8, 4) is 0 Å². The predicted octanol–water partition coefficient (Wildman–Crippen LogP) is 5.63. The van der Waals surface area contributed by atoms with Crippen LogP contribution >= 0.6 is 0 Å². The van der Waals surface area contributed by atoms with Gasteiger partial charge in [0.1, 0.15) is 12.5 Å². The molecule has 54 heavy (non-hydrogen) atoms. The van der Waals surface area contributed by atoms with Crippen LogP contribution in [0.1, 0.15) is 78.0 Å². The number of azide groups is 2. The lowest BCUT2D eigenvalue weighted by molar-refractivity contribution is -0.0257. The zero-order valence-electron chi connectivity index (χ0n) is 33.6. The van der Waals surface area contributed by atoms with E-state index >= 15 is 0 Å².